The lowest BCUT2D eigenvalue weighted by Crippen LogP contribution is -1.71. The highest BCUT2D eigenvalue weighted by Crippen LogP contribution is 2.09. The maximum absolute atomic E-state index is 4.01. The molecule has 56 valence electrons. The van der Waals surface area contributed by atoms with Gasteiger partial charge < -0.3 is 6.15 Å². The Bertz CT molecular complexity index is 279. The van der Waals surface area contributed by atoms with Gasteiger partial charge in [0.05, 0.1) is 0 Å². The number of nitrogens with zero attached hydrogens (tertiary/aromatic N) is 1. The average molecular weight is 146 g/mol. The van der Waals surface area contributed by atoms with Gasteiger partial charge in [-0.3, -0.25) is 4.98 Å². The summed E-state index contributed by atoms with van der Waals surface area (Å²) in [6, 6.07) is 10.2. The molecule has 11 heavy (non-hydrogen) atoms. The predicted molar refractivity (Wildman–Crippen MR) is 46.8 cm³/mol. The van der Waals surface area contributed by atoms with Crippen molar-refractivity contribution in [1.82, 2.24) is 11.1 Å². The molecule has 0 saturated carbocycles. The number of benzene rings is 1. The lowest BCUT2D eigenvalue weighted by Gasteiger charge is -1.91. The minimum Gasteiger partial charge on any atom is -0.344 e. The Balaban J connectivity index is 0.000000605. The highest BCUT2D eigenvalue weighted by atomic mass is 14.6. The zero-order valence-electron chi connectivity index (χ0n) is 6.20. The second-order valence-corrected chi connectivity index (χ2v) is 2.22. The summed E-state index contributed by atoms with van der Waals surface area (Å²) < 4.78 is 0. The summed E-state index contributed by atoms with van der Waals surface area (Å²) >= 11 is 0. The van der Waals surface area contributed by atoms with Crippen molar-refractivity contribution in [2.75, 3.05) is 0 Å². The maximum atomic E-state index is 4.01. The highest BCUT2D eigenvalue weighted by Gasteiger charge is 1.86. The molecular formula is C9H10N2. The molecule has 0 spiro atoms. The molecule has 0 radical (unpaired) electrons. The largest absolute Gasteiger partial charge is 0.344 e. The summed E-state index contributed by atoms with van der Waals surface area (Å²) in [6.07, 6.45) is 3.68. The molecule has 0 saturated heterocycles. The fourth-order valence-electron chi connectivity index (χ4n) is 1.03. The minimum atomic E-state index is 0. The van der Waals surface area contributed by atoms with Gasteiger partial charge in [0.25, 0.3) is 0 Å². The summed E-state index contributed by atoms with van der Waals surface area (Å²) in [5.74, 6) is 0. The molecular weight excluding hydrogens is 136 g/mol. The van der Waals surface area contributed by atoms with Crippen molar-refractivity contribution in [3.63, 3.8) is 0 Å². The number of hydrogen-bond acceptors (Lipinski definition) is 2. The zero-order chi connectivity index (χ0) is 6.81. The van der Waals surface area contributed by atoms with Crippen molar-refractivity contribution < 1.29 is 0 Å². The van der Waals surface area contributed by atoms with Crippen LogP contribution < -0.4 is 6.15 Å². The fraction of sp³-hybridized carbons (Fsp3) is 0. The van der Waals surface area contributed by atoms with Crippen LogP contribution in [0, 0.1) is 0 Å². The molecule has 2 heteroatoms. The van der Waals surface area contributed by atoms with Gasteiger partial charge in [-0.25, -0.2) is 0 Å². The molecule has 0 amide bonds. The lowest BCUT2D eigenvalue weighted by molar-refractivity contribution is 1.36. The fourth-order valence-corrected chi connectivity index (χ4v) is 1.03. The van der Waals surface area contributed by atoms with Gasteiger partial charge in [0.2, 0.25) is 0 Å². The first-order valence-electron chi connectivity index (χ1n) is 3.25. The van der Waals surface area contributed by atoms with Crippen LogP contribution in [0.4, 0.5) is 0 Å². The third kappa shape index (κ3) is 1.36. The molecule has 2 nitrogen and oxygen atoms in total. The molecule has 1 aromatic heterocycles. The first-order valence-corrected chi connectivity index (χ1v) is 3.25. The Morgan fingerprint density at radius 2 is 1.64 bits per heavy atom. The molecule has 0 fully saturated rings. The smallest absolute Gasteiger partial charge is 0.0346 e. The summed E-state index contributed by atoms with van der Waals surface area (Å²) in [4.78, 5) is 4.01. The van der Waals surface area contributed by atoms with E-state index in [4.69, 9.17) is 0 Å². The molecule has 0 aliphatic rings. The molecule has 1 aromatic carbocycles. The SMILES string of the molecule is N.c1ccc2cnccc2c1. The van der Waals surface area contributed by atoms with Gasteiger partial charge in [0.15, 0.2) is 0 Å². The predicted octanol–water partition coefficient (Wildman–Crippen LogP) is 2.40. The van der Waals surface area contributed by atoms with E-state index in [0.717, 1.165) is 0 Å². The van der Waals surface area contributed by atoms with Gasteiger partial charge in [0, 0.05) is 12.4 Å². The first-order chi connectivity index (χ1) is 4.97. The van der Waals surface area contributed by atoms with Crippen molar-refractivity contribution in [2.24, 2.45) is 0 Å². The molecule has 1 heterocycles. The quantitative estimate of drug-likeness (QED) is 0.620. The van der Waals surface area contributed by atoms with Crippen LogP contribution in [0.2, 0.25) is 0 Å². The van der Waals surface area contributed by atoms with E-state index in [2.05, 4.69) is 17.1 Å². The van der Waals surface area contributed by atoms with E-state index in [1.165, 1.54) is 10.8 Å². The van der Waals surface area contributed by atoms with Crippen molar-refractivity contribution in [1.29, 1.82) is 0 Å². The third-order valence-electron chi connectivity index (χ3n) is 1.55. The van der Waals surface area contributed by atoms with Crippen LogP contribution in [0.1, 0.15) is 0 Å². The molecule has 0 atom stereocenters. The van der Waals surface area contributed by atoms with Crippen LogP contribution in [-0.4, -0.2) is 4.98 Å². The standard InChI is InChI=1S/C9H7N.H3N/c1-2-4-9-7-10-6-5-8(9)3-1;/h1-7H;1H3. The number of pyridine rings is 1. The van der Waals surface area contributed by atoms with Crippen molar-refractivity contribution in [3.8, 4) is 0 Å². The first kappa shape index (κ1) is 7.69. The zero-order valence-corrected chi connectivity index (χ0v) is 6.20. The Hall–Kier alpha value is -1.41. The molecule has 0 bridgehead atoms. The van der Waals surface area contributed by atoms with Crippen LogP contribution in [0.3, 0.4) is 0 Å². The Labute approximate surface area is 65.5 Å². The van der Waals surface area contributed by atoms with Gasteiger partial charge in [-0.05, 0) is 16.8 Å². The molecule has 0 unspecified atom stereocenters. The topological polar surface area (TPSA) is 47.9 Å². The van der Waals surface area contributed by atoms with Crippen LogP contribution in [-0.2, 0) is 0 Å². The Morgan fingerprint density at radius 3 is 2.36 bits per heavy atom. The van der Waals surface area contributed by atoms with Crippen LogP contribution >= 0.6 is 0 Å². The second kappa shape index (κ2) is 3.12. The Morgan fingerprint density at radius 1 is 0.909 bits per heavy atom. The van der Waals surface area contributed by atoms with Crippen molar-refractivity contribution in [2.45, 2.75) is 0 Å². The maximum Gasteiger partial charge on any atom is 0.0346 e. The monoisotopic (exact) mass is 146 g/mol. The van der Waals surface area contributed by atoms with E-state index in [9.17, 15) is 0 Å². The minimum absolute atomic E-state index is 0. The molecule has 0 aliphatic heterocycles. The summed E-state index contributed by atoms with van der Waals surface area (Å²) in [7, 11) is 0. The van der Waals surface area contributed by atoms with E-state index in [1.54, 1.807) is 0 Å². The summed E-state index contributed by atoms with van der Waals surface area (Å²) in [6.45, 7) is 0. The van der Waals surface area contributed by atoms with Crippen molar-refractivity contribution >= 4 is 10.8 Å². The lowest BCUT2D eigenvalue weighted by atomic mass is 10.2. The van der Waals surface area contributed by atoms with Gasteiger partial charge in [-0.15, -0.1) is 0 Å². The van der Waals surface area contributed by atoms with Gasteiger partial charge in [-0.1, -0.05) is 24.3 Å². The normalized spacial score (nSPS) is 9.09. The number of fused-ring (bicyclic) bond motifs is 1. The van der Waals surface area contributed by atoms with Crippen molar-refractivity contribution in [3.05, 3.63) is 42.7 Å². The van der Waals surface area contributed by atoms with Crippen LogP contribution in [0.5, 0.6) is 0 Å². The molecule has 2 aromatic rings. The molecule has 0 aliphatic carbocycles. The average Bonchev–Trinajstić information content (AvgIpc) is 2.05. The Kier molecular flexibility index (Phi) is 2.18. The van der Waals surface area contributed by atoms with E-state index >= 15 is 0 Å². The number of rotatable bonds is 0. The third-order valence-corrected chi connectivity index (χ3v) is 1.55. The van der Waals surface area contributed by atoms with E-state index in [1.807, 2.05) is 30.6 Å². The molecule has 3 N–H and O–H groups in total. The molecule has 2 rings (SSSR count). The summed E-state index contributed by atoms with van der Waals surface area (Å²) in [5.41, 5.74) is 0. The highest BCUT2D eigenvalue weighted by molar-refractivity contribution is 5.80. The van der Waals surface area contributed by atoms with Gasteiger partial charge in [-0.2, -0.15) is 0 Å². The van der Waals surface area contributed by atoms with Crippen LogP contribution in [0.15, 0.2) is 42.7 Å². The summed E-state index contributed by atoms with van der Waals surface area (Å²) in [5, 5.41) is 2.45. The van der Waals surface area contributed by atoms with Gasteiger partial charge in [0.1, 0.15) is 0 Å². The van der Waals surface area contributed by atoms with Gasteiger partial charge >= 0.3 is 0 Å². The number of hydrogen-bond donors (Lipinski definition) is 1. The van der Waals surface area contributed by atoms with E-state index < -0.39 is 0 Å². The van der Waals surface area contributed by atoms with Crippen LogP contribution in [0.25, 0.3) is 10.8 Å². The van der Waals surface area contributed by atoms with E-state index in [0.29, 0.717) is 0 Å². The second-order valence-electron chi connectivity index (χ2n) is 2.22. The van der Waals surface area contributed by atoms with E-state index in [-0.39, 0.29) is 6.15 Å². The number of aromatic nitrogens is 1.